The number of nitrogens with two attached hydrogens (primary N) is 1. The van der Waals surface area contributed by atoms with Crippen molar-refractivity contribution in [1.29, 1.82) is 0 Å². The molecule has 1 aromatic heterocycles. The molecule has 0 bridgehead atoms. The Hall–Kier alpha value is -0.940. The predicted molar refractivity (Wildman–Crippen MR) is 63.3 cm³/mol. The van der Waals surface area contributed by atoms with Crippen LogP contribution in [0.15, 0.2) is 4.52 Å². The second-order valence-electron chi connectivity index (χ2n) is 4.76. The summed E-state index contributed by atoms with van der Waals surface area (Å²) in [6.45, 7) is 2.14. The molecule has 2 N–H and O–H groups in total. The summed E-state index contributed by atoms with van der Waals surface area (Å²) in [7, 11) is 1.70. The van der Waals surface area contributed by atoms with Crippen LogP contribution in [0.25, 0.3) is 0 Å². The van der Waals surface area contributed by atoms with E-state index in [1.807, 2.05) is 0 Å². The molecule has 1 fully saturated rings. The minimum atomic E-state index is -0.313. The summed E-state index contributed by atoms with van der Waals surface area (Å²) >= 11 is 0. The van der Waals surface area contributed by atoms with E-state index in [0.29, 0.717) is 11.7 Å². The molecular weight excluding hydrogens is 218 g/mol. The molecule has 1 heterocycles. The zero-order chi connectivity index (χ0) is 12.3. The zero-order valence-corrected chi connectivity index (χ0v) is 10.6. The fourth-order valence-corrected chi connectivity index (χ4v) is 2.14. The monoisotopic (exact) mass is 239 g/mol. The molecule has 17 heavy (non-hydrogen) atoms. The van der Waals surface area contributed by atoms with Crippen molar-refractivity contribution >= 4 is 0 Å². The van der Waals surface area contributed by atoms with Crippen molar-refractivity contribution in [3.8, 4) is 0 Å². The van der Waals surface area contributed by atoms with Gasteiger partial charge in [-0.1, -0.05) is 24.9 Å². The lowest BCUT2D eigenvalue weighted by molar-refractivity contribution is -0.0858. The van der Waals surface area contributed by atoms with Crippen LogP contribution in [-0.2, 0) is 10.3 Å². The van der Waals surface area contributed by atoms with Crippen molar-refractivity contribution in [1.82, 2.24) is 10.1 Å². The maximum atomic E-state index is 6.00. The van der Waals surface area contributed by atoms with Gasteiger partial charge in [-0.3, -0.25) is 0 Å². The van der Waals surface area contributed by atoms with Gasteiger partial charge in [-0.05, 0) is 25.7 Å². The van der Waals surface area contributed by atoms with Crippen LogP contribution in [0.1, 0.15) is 63.2 Å². The molecule has 0 spiro atoms. The van der Waals surface area contributed by atoms with Crippen LogP contribution in [0.3, 0.4) is 0 Å². The first-order chi connectivity index (χ1) is 8.22. The molecular formula is C12H21N3O2. The van der Waals surface area contributed by atoms with Gasteiger partial charge in [0.2, 0.25) is 11.7 Å². The average molecular weight is 239 g/mol. The molecule has 1 saturated carbocycles. The van der Waals surface area contributed by atoms with Gasteiger partial charge < -0.3 is 15.0 Å². The molecule has 0 amide bonds. The maximum absolute atomic E-state index is 6.00. The summed E-state index contributed by atoms with van der Waals surface area (Å²) in [6, 6.07) is -0.148. The molecule has 0 aromatic carbocycles. The number of nitrogens with zero attached hydrogens (tertiary/aromatic N) is 2. The number of hydrogen-bond donors (Lipinski definition) is 1. The lowest BCUT2D eigenvalue weighted by Crippen LogP contribution is -2.37. The van der Waals surface area contributed by atoms with Gasteiger partial charge in [0.25, 0.3) is 0 Å². The Kier molecular flexibility index (Phi) is 3.79. The van der Waals surface area contributed by atoms with E-state index in [4.69, 9.17) is 15.0 Å². The number of aromatic nitrogens is 2. The Bertz CT molecular complexity index is 355. The molecule has 0 saturated heterocycles. The van der Waals surface area contributed by atoms with E-state index < -0.39 is 0 Å². The number of unbranched alkanes of at least 4 members (excludes halogenated alkanes) is 1. The first kappa shape index (κ1) is 12.5. The van der Waals surface area contributed by atoms with Gasteiger partial charge in [0, 0.05) is 7.11 Å². The van der Waals surface area contributed by atoms with Crippen LogP contribution in [0.2, 0.25) is 0 Å². The summed E-state index contributed by atoms with van der Waals surface area (Å²) in [6.07, 6.45) is 6.17. The predicted octanol–water partition coefficient (Wildman–Crippen LogP) is 2.29. The SMILES string of the molecule is CCCC[C@H](N)c1nc(C2(OC)CCC2)no1. The summed E-state index contributed by atoms with van der Waals surface area (Å²) in [5, 5.41) is 4.02. The molecule has 1 aliphatic carbocycles. The molecule has 1 aliphatic rings. The van der Waals surface area contributed by atoms with Crippen LogP contribution < -0.4 is 5.73 Å². The van der Waals surface area contributed by atoms with Crippen LogP contribution in [0.5, 0.6) is 0 Å². The highest BCUT2D eigenvalue weighted by Gasteiger charge is 2.43. The number of ether oxygens (including phenoxy) is 1. The van der Waals surface area contributed by atoms with E-state index in [0.717, 1.165) is 38.5 Å². The zero-order valence-electron chi connectivity index (χ0n) is 10.6. The van der Waals surface area contributed by atoms with Gasteiger partial charge in [0.1, 0.15) is 5.60 Å². The molecule has 1 aromatic rings. The van der Waals surface area contributed by atoms with Gasteiger partial charge in [0.15, 0.2) is 0 Å². The topological polar surface area (TPSA) is 74.2 Å². The Morgan fingerprint density at radius 3 is 2.82 bits per heavy atom. The smallest absolute Gasteiger partial charge is 0.243 e. The van der Waals surface area contributed by atoms with Crippen LogP contribution in [-0.4, -0.2) is 17.3 Å². The third-order valence-electron chi connectivity index (χ3n) is 3.59. The lowest BCUT2D eigenvalue weighted by atomic mass is 9.79. The minimum absolute atomic E-state index is 0.148. The fraction of sp³-hybridized carbons (Fsp3) is 0.833. The van der Waals surface area contributed by atoms with Crippen molar-refractivity contribution in [2.24, 2.45) is 5.73 Å². The maximum Gasteiger partial charge on any atom is 0.243 e. The van der Waals surface area contributed by atoms with Crippen LogP contribution in [0.4, 0.5) is 0 Å². The molecule has 2 rings (SSSR count). The van der Waals surface area contributed by atoms with Gasteiger partial charge in [-0.25, -0.2) is 0 Å². The Morgan fingerprint density at radius 1 is 1.53 bits per heavy atom. The van der Waals surface area contributed by atoms with E-state index in [1.165, 1.54) is 0 Å². The van der Waals surface area contributed by atoms with Crippen molar-refractivity contribution in [2.75, 3.05) is 7.11 Å². The first-order valence-electron chi connectivity index (χ1n) is 6.36. The molecule has 0 radical (unpaired) electrons. The highest BCUT2D eigenvalue weighted by Crippen LogP contribution is 2.42. The lowest BCUT2D eigenvalue weighted by Gasteiger charge is -2.37. The second-order valence-corrected chi connectivity index (χ2v) is 4.76. The molecule has 1 atom stereocenters. The summed E-state index contributed by atoms with van der Waals surface area (Å²) in [5.41, 5.74) is 5.69. The van der Waals surface area contributed by atoms with Crippen molar-refractivity contribution in [3.05, 3.63) is 11.7 Å². The summed E-state index contributed by atoms with van der Waals surface area (Å²) in [5.74, 6) is 1.20. The minimum Gasteiger partial charge on any atom is -0.370 e. The summed E-state index contributed by atoms with van der Waals surface area (Å²) in [4.78, 5) is 4.40. The molecule has 5 heteroatoms. The van der Waals surface area contributed by atoms with Crippen LogP contribution in [0, 0.1) is 0 Å². The van der Waals surface area contributed by atoms with Crippen LogP contribution >= 0.6 is 0 Å². The van der Waals surface area contributed by atoms with Crippen molar-refractivity contribution < 1.29 is 9.26 Å². The Labute approximate surface area is 102 Å². The summed E-state index contributed by atoms with van der Waals surface area (Å²) < 4.78 is 10.7. The quantitative estimate of drug-likeness (QED) is 0.824. The number of hydrogen-bond acceptors (Lipinski definition) is 5. The highest BCUT2D eigenvalue weighted by molar-refractivity contribution is 5.07. The Balaban J connectivity index is 2.05. The standard InChI is InChI=1S/C12H21N3O2/c1-3-4-6-9(13)10-14-11(15-17-10)12(16-2)7-5-8-12/h9H,3-8,13H2,1-2H3/t9-/m0/s1. The van der Waals surface area contributed by atoms with E-state index in [2.05, 4.69) is 17.1 Å². The highest BCUT2D eigenvalue weighted by atomic mass is 16.5. The van der Waals surface area contributed by atoms with Crippen molar-refractivity contribution in [3.63, 3.8) is 0 Å². The van der Waals surface area contributed by atoms with E-state index in [-0.39, 0.29) is 11.6 Å². The van der Waals surface area contributed by atoms with Gasteiger partial charge in [0.05, 0.1) is 6.04 Å². The van der Waals surface area contributed by atoms with E-state index in [9.17, 15) is 0 Å². The fourth-order valence-electron chi connectivity index (χ4n) is 2.14. The van der Waals surface area contributed by atoms with Gasteiger partial charge >= 0.3 is 0 Å². The second kappa shape index (κ2) is 5.14. The average Bonchev–Trinajstić information content (AvgIpc) is 2.75. The third-order valence-corrected chi connectivity index (χ3v) is 3.59. The normalized spacial score (nSPS) is 19.9. The van der Waals surface area contributed by atoms with Gasteiger partial charge in [-0.15, -0.1) is 0 Å². The van der Waals surface area contributed by atoms with E-state index in [1.54, 1.807) is 7.11 Å². The third kappa shape index (κ3) is 2.35. The van der Waals surface area contributed by atoms with Gasteiger partial charge in [-0.2, -0.15) is 4.98 Å². The molecule has 0 unspecified atom stereocenters. The number of methoxy groups -OCH3 is 1. The Morgan fingerprint density at radius 2 is 2.29 bits per heavy atom. The van der Waals surface area contributed by atoms with E-state index >= 15 is 0 Å². The van der Waals surface area contributed by atoms with Crippen molar-refractivity contribution in [2.45, 2.75) is 57.1 Å². The first-order valence-corrected chi connectivity index (χ1v) is 6.36. The molecule has 5 nitrogen and oxygen atoms in total. The largest absolute Gasteiger partial charge is 0.370 e. The molecule has 96 valence electrons. The molecule has 0 aliphatic heterocycles. The number of rotatable bonds is 6.